The molecule has 3 heterocycles. The van der Waals surface area contributed by atoms with E-state index in [0.29, 0.717) is 42.5 Å². The van der Waals surface area contributed by atoms with Gasteiger partial charge >= 0.3 is 0 Å². The second-order valence-electron chi connectivity index (χ2n) is 10.2. The number of nitrogens with zero attached hydrogens (tertiary/aromatic N) is 4. The number of anilines is 1. The van der Waals surface area contributed by atoms with E-state index >= 15 is 0 Å². The number of aryl methyl sites for hydroxylation is 1. The van der Waals surface area contributed by atoms with E-state index in [4.69, 9.17) is 9.47 Å². The summed E-state index contributed by atoms with van der Waals surface area (Å²) >= 11 is 0. The Labute approximate surface area is 221 Å². The van der Waals surface area contributed by atoms with Crippen LogP contribution in [0.15, 0.2) is 42.7 Å². The van der Waals surface area contributed by atoms with E-state index in [1.165, 1.54) is 6.07 Å². The molecule has 2 unspecified atom stereocenters. The number of hydrogen-bond donors (Lipinski definition) is 2. The van der Waals surface area contributed by atoms with Gasteiger partial charge in [0.1, 0.15) is 5.60 Å². The first-order valence-electron chi connectivity index (χ1n) is 13.4. The highest BCUT2D eigenvalue weighted by atomic mass is 19.1. The fourth-order valence-electron chi connectivity index (χ4n) is 4.64. The van der Waals surface area contributed by atoms with Crippen molar-refractivity contribution in [2.45, 2.75) is 76.5 Å². The Balaban J connectivity index is 1.14. The number of fused-ring (bicyclic) bond motifs is 1. The van der Waals surface area contributed by atoms with Crippen molar-refractivity contribution in [1.29, 1.82) is 0 Å². The van der Waals surface area contributed by atoms with Crippen molar-refractivity contribution in [2.75, 3.05) is 11.9 Å². The molecule has 38 heavy (non-hydrogen) atoms. The van der Waals surface area contributed by atoms with E-state index in [0.717, 1.165) is 44.2 Å². The van der Waals surface area contributed by atoms with Crippen molar-refractivity contribution < 1.29 is 23.8 Å². The lowest BCUT2D eigenvalue weighted by atomic mass is 9.90. The van der Waals surface area contributed by atoms with E-state index in [1.807, 2.05) is 6.92 Å². The Morgan fingerprint density at radius 2 is 2.13 bits per heavy atom. The second-order valence-corrected chi connectivity index (χ2v) is 10.2. The van der Waals surface area contributed by atoms with Gasteiger partial charge in [0.15, 0.2) is 29.2 Å². The summed E-state index contributed by atoms with van der Waals surface area (Å²) in [6, 6.07) is 8.15. The molecule has 5 rings (SSSR count). The van der Waals surface area contributed by atoms with Gasteiger partial charge in [-0.2, -0.15) is 0 Å². The average molecular weight is 524 g/mol. The highest BCUT2D eigenvalue weighted by molar-refractivity contribution is 5.96. The molecule has 1 aromatic carbocycles. The highest BCUT2D eigenvalue weighted by Crippen LogP contribution is 2.34. The van der Waals surface area contributed by atoms with Crippen molar-refractivity contribution in [3.8, 4) is 11.5 Å². The smallest absolute Gasteiger partial charge is 0.266 e. The van der Waals surface area contributed by atoms with Crippen LogP contribution in [0.25, 0.3) is 0 Å². The lowest BCUT2D eigenvalue weighted by molar-refractivity contribution is -0.123. The summed E-state index contributed by atoms with van der Waals surface area (Å²) in [4.78, 5) is 16.4. The molecule has 2 atom stereocenters. The Morgan fingerprint density at radius 3 is 2.95 bits per heavy atom. The number of unbranched alkanes of at least 4 members (excludes halogenated alkanes) is 2. The van der Waals surface area contributed by atoms with Crippen LogP contribution in [0.2, 0.25) is 0 Å². The SMILES string of the molecule is CCC(O)(Cn1nncc1CCCCCC1Oc2cccnc2NC1=O)c1ccc(F)c(OCC2CC2)c1. The van der Waals surface area contributed by atoms with Crippen molar-refractivity contribution in [1.82, 2.24) is 20.0 Å². The molecule has 202 valence electrons. The number of pyridine rings is 1. The zero-order chi connectivity index (χ0) is 26.5. The van der Waals surface area contributed by atoms with Gasteiger partial charge in [0.25, 0.3) is 5.91 Å². The monoisotopic (exact) mass is 523 g/mol. The first-order chi connectivity index (χ1) is 18.4. The molecule has 0 saturated heterocycles. The minimum Gasteiger partial charge on any atom is -0.490 e. The van der Waals surface area contributed by atoms with Gasteiger partial charge in [0.05, 0.1) is 25.0 Å². The second kappa shape index (κ2) is 11.5. The van der Waals surface area contributed by atoms with Gasteiger partial charge in [0, 0.05) is 6.20 Å². The molecule has 1 aliphatic carbocycles. The molecule has 2 aromatic heterocycles. The van der Waals surface area contributed by atoms with Gasteiger partial charge in [0.2, 0.25) is 0 Å². The molecule has 2 aliphatic rings. The maximum Gasteiger partial charge on any atom is 0.266 e. The number of benzene rings is 1. The number of halogens is 1. The van der Waals surface area contributed by atoms with Crippen LogP contribution in [-0.2, 0) is 23.4 Å². The minimum absolute atomic E-state index is 0.167. The fourth-order valence-corrected chi connectivity index (χ4v) is 4.64. The molecule has 1 fully saturated rings. The third kappa shape index (κ3) is 6.12. The van der Waals surface area contributed by atoms with Gasteiger partial charge in [-0.3, -0.25) is 4.79 Å². The van der Waals surface area contributed by atoms with E-state index < -0.39 is 17.5 Å². The third-order valence-electron chi connectivity index (χ3n) is 7.31. The number of aromatic nitrogens is 4. The quantitative estimate of drug-likeness (QED) is 0.320. The molecular formula is C28H34FN5O4. The predicted octanol–water partition coefficient (Wildman–Crippen LogP) is 4.40. The van der Waals surface area contributed by atoms with Crippen molar-refractivity contribution in [3.63, 3.8) is 0 Å². The van der Waals surface area contributed by atoms with Crippen molar-refractivity contribution >= 4 is 11.7 Å². The van der Waals surface area contributed by atoms with Gasteiger partial charge in [-0.1, -0.05) is 24.6 Å². The summed E-state index contributed by atoms with van der Waals surface area (Å²) in [6.45, 7) is 2.60. The van der Waals surface area contributed by atoms with Gasteiger partial charge < -0.3 is 19.9 Å². The van der Waals surface area contributed by atoms with Crippen LogP contribution >= 0.6 is 0 Å². The number of carbonyl (C=O) groups is 1. The highest BCUT2D eigenvalue weighted by Gasteiger charge is 2.31. The third-order valence-corrected chi connectivity index (χ3v) is 7.31. The largest absolute Gasteiger partial charge is 0.490 e. The molecule has 9 nitrogen and oxygen atoms in total. The van der Waals surface area contributed by atoms with Crippen LogP contribution in [-0.4, -0.2) is 43.7 Å². The molecular weight excluding hydrogens is 489 g/mol. The molecule has 3 aromatic rings. The number of hydrogen-bond acceptors (Lipinski definition) is 7. The average Bonchev–Trinajstić information content (AvgIpc) is 3.66. The van der Waals surface area contributed by atoms with Crippen LogP contribution in [0, 0.1) is 11.7 Å². The van der Waals surface area contributed by atoms with Crippen molar-refractivity contribution in [2.24, 2.45) is 5.92 Å². The van der Waals surface area contributed by atoms with Gasteiger partial charge in [-0.15, -0.1) is 5.10 Å². The Morgan fingerprint density at radius 1 is 1.26 bits per heavy atom. The number of ether oxygens (including phenoxy) is 2. The van der Waals surface area contributed by atoms with Crippen LogP contribution < -0.4 is 14.8 Å². The topological polar surface area (TPSA) is 111 Å². The summed E-state index contributed by atoms with van der Waals surface area (Å²) in [5.41, 5.74) is 0.261. The fraction of sp³-hybridized carbons (Fsp3) is 0.500. The first kappa shape index (κ1) is 26.1. The minimum atomic E-state index is -1.25. The molecule has 0 bridgehead atoms. The van der Waals surface area contributed by atoms with E-state index in [1.54, 1.807) is 41.3 Å². The molecule has 10 heteroatoms. The maximum atomic E-state index is 14.3. The molecule has 0 spiro atoms. The summed E-state index contributed by atoms with van der Waals surface area (Å²) in [6.07, 6.45) is 9.41. The molecule has 1 aliphatic heterocycles. The molecule has 1 saturated carbocycles. The molecule has 0 radical (unpaired) electrons. The van der Waals surface area contributed by atoms with E-state index in [2.05, 4.69) is 20.6 Å². The Kier molecular flexibility index (Phi) is 7.87. The summed E-state index contributed by atoms with van der Waals surface area (Å²) in [5, 5.41) is 22.6. The number of aliphatic hydroxyl groups is 1. The van der Waals surface area contributed by atoms with E-state index in [9.17, 15) is 14.3 Å². The Hall–Kier alpha value is -3.53. The van der Waals surface area contributed by atoms with Crippen LogP contribution in [0.3, 0.4) is 0 Å². The molecule has 1 amide bonds. The lowest BCUT2D eigenvalue weighted by Gasteiger charge is -2.28. The first-order valence-corrected chi connectivity index (χ1v) is 13.4. The van der Waals surface area contributed by atoms with Crippen molar-refractivity contribution in [3.05, 3.63) is 59.8 Å². The summed E-state index contributed by atoms with van der Waals surface area (Å²) in [5.74, 6) is 1.14. The van der Waals surface area contributed by atoms with Crippen LogP contribution in [0.5, 0.6) is 11.5 Å². The van der Waals surface area contributed by atoms with Gasteiger partial charge in [-0.05, 0) is 80.7 Å². The normalized spacial score (nSPS) is 18.3. The predicted molar refractivity (Wildman–Crippen MR) is 138 cm³/mol. The number of carbonyl (C=O) groups excluding carboxylic acids is 1. The Bertz CT molecular complexity index is 1260. The van der Waals surface area contributed by atoms with E-state index in [-0.39, 0.29) is 18.2 Å². The van der Waals surface area contributed by atoms with Crippen LogP contribution in [0.4, 0.5) is 10.2 Å². The maximum absolute atomic E-state index is 14.3. The summed E-state index contributed by atoms with van der Waals surface area (Å²) in [7, 11) is 0. The zero-order valence-electron chi connectivity index (χ0n) is 21.6. The number of nitrogens with one attached hydrogen (secondary N) is 1. The standard InChI is InChI=1S/C28H34FN5O4/c1-2-28(36,20-12-13-22(29)25(15-20)37-17-19-10-11-19)18-34-21(16-31-33-34)7-4-3-5-8-24-27(35)32-26-23(38-24)9-6-14-30-26/h6,9,12-16,19,24,36H,2-5,7-8,10-11,17-18H2,1H3,(H,30,32,35). The van der Waals surface area contributed by atoms with Crippen LogP contribution in [0.1, 0.15) is 63.1 Å². The number of rotatable bonds is 13. The number of amides is 1. The summed E-state index contributed by atoms with van der Waals surface area (Å²) < 4.78 is 27.5. The lowest BCUT2D eigenvalue weighted by Crippen LogP contribution is -2.37. The zero-order valence-corrected chi connectivity index (χ0v) is 21.6. The van der Waals surface area contributed by atoms with Gasteiger partial charge in [-0.25, -0.2) is 14.1 Å². The molecule has 2 N–H and O–H groups in total.